The molecule has 3 aliphatic heterocycles. The Morgan fingerprint density at radius 2 is 1.46 bits per heavy atom. The van der Waals surface area contributed by atoms with E-state index < -0.39 is 77.1 Å². The average Bonchev–Trinajstić information content (AvgIpc) is 4.10. The third-order valence-corrected chi connectivity index (χ3v) is 15.6. The van der Waals surface area contributed by atoms with Gasteiger partial charge in [0, 0.05) is 53.5 Å². The lowest BCUT2D eigenvalue weighted by molar-refractivity contribution is -0.144. The third kappa shape index (κ3) is 12.7. The van der Waals surface area contributed by atoms with Gasteiger partial charge in [-0.15, -0.1) is 21.5 Å². The van der Waals surface area contributed by atoms with Crippen molar-refractivity contribution in [1.29, 1.82) is 0 Å². The number of aromatic nitrogens is 3. The van der Waals surface area contributed by atoms with Crippen LogP contribution in [0.25, 0.3) is 16.1 Å². The second kappa shape index (κ2) is 23.7. The van der Waals surface area contributed by atoms with E-state index in [2.05, 4.69) is 42.1 Å². The Bertz CT molecular complexity index is 3020. The smallest absolute Gasteiger partial charge is 0.246 e. The maximum atomic E-state index is 14.4. The molecule has 76 heavy (non-hydrogen) atoms. The van der Waals surface area contributed by atoms with Crippen LogP contribution in [0, 0.1) is 26.2 Å². The van der Waals surface area contributed by atoms with E-state index in [1.807, 2.05) is 113 Å². The van der Waals surface area contributed by atoms with Gasteiger partial charge < -0.3 is 36.8 Å². The van der Waals surface area contributed by atoms with Gasteiger partial charge in [-0.3, -0.25) is 43.1 Å². The molecule has 3 aromatic carbocycles. The Hall–Kier alpha value is -7.25. The van der Waals surface area contributed by atoms with E-state index >= 15 is 0 Å². The molecular formula is C56H66ClN11O7S. The van der Waals surface area contributed by atoms with Crippen molar-refractivity contribution in [3.8, 4) is 16.1 Å². The Morgan fingerprint density at radius 3 is 2.17 bits per heavy atom. The van der Waals surface area contributed by atoms with Crippen molar-refractivity contribution in [2.45, 2.75) is 130 Å². The summed E-state index contributed by atoms with van der Waals surface area (Å²) in [6.07, 6.45) is 1.51. The number of fused-ring (bicyclic) bond motifs is 4. The molecule has 0 saturated carbocycles. The van der Waals surface area contributed by atoms with Crippen LogP contribution in [0.1, 0.15) is 111 Å². The van der Waals surface area contributed by atoms with Crippen molar-refractivity contribution in [2.75, 3.05) is 19.6 Å². The molecule has 3 aliphatic rings. The molecule has 6 atom stereocenters. The summed E-state index contributed by atoms with van der Waals surface area (Å²) in [6.45, 7) is 13.0. The highest BCUT2D eigenvalue weighted by molar-refractivity contribution is 7.15. The molecule has 2 saturated heterocycles. The number of nitrogens with zero attached hydrogens (tertiary/aromatic N) is 5. The van der Waals surface area contributed by atoms with E-state index in [9.17, 15) is 33.6 Å². The van der Waals surface area contributed by atoms with E-state index in [0.29, 0.717) is 48.1 Å². The van der Waals surface area contributed by atoms with E-state index in [1.165, 1.54) is 11.8 Å². The van der Waals surface area contributed by atoms with Crippen LogP contribution in [-0.4, -0.2) is 117 Å². The summed E-state index contributed by atoms with van der Waals surface area (Å²) in [5, 5.41) is 27.3. The van der Waals surface area contributed by atoms with Gasteiger partial charge in [-0.1, -0.05) is 99.1 Å². The molecule has 1 unspecified atom stereocenters. The van der Waals surface area contributed by atoms with Gasteiger partial charge in [0.05, 0.1) is 12.1 Å². The van der Waals surface area contributed by atoms with Crippen LogP contribution in [0.4, 0.5) is 0 Å². The molecular weight excluding hydrogens is 1010 g/mol. The molecule has 2 fully saturated rings. The molecule has 2 aromatic heterocycles. The number of halogens is 1. The number of aryl methyl sites for hydroxylation is 2. The maximum Gasteiger partial charge on any atom is 0.246 e. The van der Waals surface area contributed by atoms with Crippen LogP contribution < -0.4 is 31.9 Å². The second-order valence-corrected chi connectivity index (χ2v) is 22.5. The Labute approximate surface area is 451 Å². The van der Waals surface area contributed by atoms with Crippen LogP contribution >= 0.6 is 22.9 Å². The van der Waals surface area contributed by atoms with Crippen molar-refractivity contribution in [1.82, 2.24) is 51.6 Å². The predicted molar refractivity (Wildman–Crippen MR) is 291 cm³/mol. The van der Waals surface area contributed by atoms with E-state index in [0.717, 1.165) is 43.3 Å². The summed E-state index contributed by atoms with van der Waals surface area (Å²) in [4.78, 5) is 106. The largest absolute Gasteiger partial charge is 0.354 e. The fourth-order valence-corrected chi connectivity index (χ4v) is 11.1. The first-order valence-corrected chi connectivity index (χ1v) is 27.0. The Kier molecular flexibility index (Phi) is 17.2. The summed E-state index contributed by atoms with van der Waals surface area (Å²) in [5.41, 5.74) is 5.33. The zero-order chi connectivity index (χ0) is 54.4. The number of benzene rings is 3. The summed E-state index contributed by atoms with van der Waals surface area (Å²) >= 11 is 7.88. The first-order valence-electron chi connectivity index (χ1n) is 25.8. The zero-order valence-electron chi connectivity index (χ0n) is 43.9. The van der Waals surface area contributed by atoms with Crippen LogP contribution in [0.5, 0.6) is 0 Å². The molecule has 18 nitrogen and oxygen atoms in total. The van der Waals surface area contributed by atoms with Crippen LogP contribution in [0.3, 0.4) is 0 Å². The molecule has 7 amide bonds. The van der Waals surface area contributed by atoms with Gasteiger partial charge in [0.2, 0.25) is 41.4 Å². The normalized spacial score (nSPS) is 22.3. The van der Waals surface area contributed by atoms with Crippen molar-refractivity contribution >= 4 is 70.0 Å². The fourth-order valence-electron chi connectivity index (χ4n) is 9.75. The quantitative estimate of drug-likeness (QED) is 0.115. The maximum absolute atomic E-state index is 14.4. The van der Waals surface area contributed by atoms with Crippen molar-refractivity contribution < 1.29 is 33.6 Å². The molecule has 5 heterocycles. The highest BCUT2D eigenvalue weighted by atomic mass is 35.5. The minimum atomic E-state index is -1.32. The number of hydrogen-bond acceptors (Lipinski definition) is 11. The first kappa shape index (κ1) is 55.0. The van der Waals surface area contributed by atoms with Gasteiger partial charge in [0.1, 0.15) is 47.1 Å². The summed E-state index contributed by atoms with van der Waals surface area (Å²) in [7, 11) is 0. The van der Waals surface area contributed by atoms with E-state index in [4.69, 9.17) is 16.6 Å². The monoisotopic (exact) mass is 1070 g/mol. The fraction of sp³-hybridized carbons (Fsp3) is 0.429. The number of nitrogens with one attached hydrogen (secondary N) is 6. The summed E-state index contributed by atoms with van der Waals surface area (Å²) < 4.78 is 1.93. The molecule has 0 radical (unpaired) electrons. The number of carbonyl (C=O) groups excluding carboxylic acids is 7. The SMILES string of the molecule is Cc1sc2c(c1C)C(c1ccc(Cl)cc1)=N[C@@H](CC(=O)NC[C@H]1NC(=O)[C@@H](C)NC(=O)[C@@H](Cc3ccc(-c4ccccc4)cc3)NC(=O)[C@@H]3CCCN3C(=O)C(C(C)(C)C)NC(=O)CCCCNC1=O)c1nnc(C)n1-2. The number of rotatable bonds is 8. The lowest BCUT2D eigenvalue weighted by atomic mass is 9.85. The standard InChI is InChI=1S/C56H66ClN11O7S/c1-31-33(3)76-55-46(31)47(38-22-24-39(57)25-23-38)61-40(49-66-65-34(4)68(49)55)29-45(70)59-30-42-51(72)58-26-12-11-17-44(69)64-48(56(5,6)7)54(75)67-27-13-16-43(67)53(74)62-41(52(73)60-32(2)50(71)63-42)28-35-18-20-37(21-19-35)36-14-9-8-10-15-36/h8-10,14-15,18-25,32,40-43,48H,11-13,16-17,26-30H2,1-7H3,(H,58,72)(H,59,70)(H,60,73)(H,62,74)(H,63,71)(H,64,69)/t32-,40+,41-,42-,43+,48?/m1/s1. The number of amides is 7. The molecule has 5 aromatic rings. The summed E-state index contributed by atoms with van der Waals surface area (Å²) in [6, 6.07) is 18.3. The van der Waals surface area contributed by atoms with Crippen LogP contribution in [0.2, 0.25) is 5.02 Å². The number of carbonyl (C=O) groups is 7. The molecule has 0 spiro atoms. The molecule has 6 N–H and O–H groups in total. The molecule has 0 aliphatic carbocycles. The van der Waals surface area contributed by atoms with Gasteiger partial charge >= 0.3 is 0 Å². The Morgan fingerprint density at radius 1 is 0.776 bits per heavy atom. The van der Waals surface area contributed by atoms with Gasteiger partial charge in [-0.05, 0) is 93.2 Å². The minimum Gasteiger partial charge on any atom is -0.354 e. The molecule has 400 valence electrons. The van der Waals surface area contributed by atoms with Crippen molar-refractivity contribution in [3.05, 3.63) is 123 Å². The lowest BCUT2D eigenvalue weighted by Crippen LogP contribution is -2.60. The van der Waals surface area contributed by atoms with E-state index in [1.54, 1.807) is 23.5 Å². The number of hydrogen-bond donors (Lipinski definition) is 6. The highest BCUT2D eigenvalue weighted by Gasteiger charge is 2.43. The second-order valence-electron chi connectivity index (χ2n) is 20.8. The van der Waals surface area contributed by atoms with Gasteiger partial charge in [-0.2, -0.15) is 0 Å². The summed E-state index contributed by atoms with van der Waals surface area (Å²) in [5.74, 6) is -2.75. The molecule has 20 heteroatoms. The highest BCUT2D eigenvalue weighted by Crippen LogP contribution is 2.40. The zero-order valence-corrected chi connectivity index (χ0v) is 45.5. The predicted octanol–water partition coefficient (Wildman–Crippen LogP) is 5.51. The van der Waals surface area contributed by atoms with Gasteiger partial charge in [0.25, 0.3) is 0 Å². The first-order chi connectivity index (χ1) is 36.3. The minimum absolute atomic E-state index is 0.0367. The molecule has 0 bridgehead atoms. The van der Waals surface area contributed by atoms with Crippen LogP contribution in [-0.2, 0) is 40.0 Å². The van der Waals surface area contributed by atoms with Crippen molar-refractivity contribution in [2.24, 2.45) is 10.4 Å². The van der Waals surface area contributed by atoms with Gasteiger partial charge in [-0.25, -0.2) is 0 Å². The lowest BCUT2D eigenvalue weighted by Gasteiger charge is -2.35. The third-order valence-electron chi connectivity index (χ3n) is 14.1. The Balaban J connectivity index is 1.04. The van der Waals surface area contributed by atoms with Crippen molar-refractivity contribution in [3.63, 3.8) is 0 Å². The average molecular weight is 1070 g/mol. The molecule has 8 rings (SSSR count). The van der Waals surface area contributed by atoms with Gasteiger partial charge in [0.15, 0.2) is 5.82 Å². The van der Waals surface area contributed by atoms with Crippen LogP contribution in [0.15, 0.2) is 83.9 Å². The number of thiophene rings is 1. The number of aliphatic imine (C=N–C) groups is 1. The topological polar surface area (TPSA) is 238 Å². The van der Waals surface area contributed by atoms with E-state index in [-0.39, 0.29) is 44.8 Å².